The van der Waals surface area contributed by atoms with Gasteiger partial charge in [-0.2, -0.15) is 0 Å². The van der Waals surface area contributed by atoms with Crippen LogP contribution in [0.15, 0.2) is 35.2 Å². The smallest absolute Gasteiger partial charge is 0.178 e. The number of hydrogen-bond acceptors (Lipinski definition) is 3. The Bertz CT molecular complexity index is 908. The molecule has 0 saturated heterocycles. The zero-order chi connectivity index (χ0) is 22.6. The Balaban J connectivity index is 1.30. The molecule has 1 aromatic rings. The third-order valence-corrected chi connectivity index (χ3v) is 12.3. The zero-order valence-electron chi connectivity index (χ0n) is 20.0. The SMILES string of the molecule is C[C@@]1(O)CC[C@H]2[C@H](CC[C@@H]3[C@@H]2CC[C@]2(C)[C@@H](CCS(=O)(=O)c4ccccc4)CCC[C@@H]32)C1. The van der Waals surface area contributed by atoms with Crippen molar-refractivity contribution < 1.29 is 13.5 Å². The van der Waals surface area contributed by atoms with Crippen LogP contribution in [0.25, 0.3) is 0 Å². The molecular weight excluding hydrogens is 416 g/mol. The Kier molecular flexibility index (Phi) is 6.02. The predicted octanol–water partition coefficient (Wildman–Crippen LogP) is 6.26. The van der Waals surface area contributed by atoms with Gasteiger partial charge in [-0.15, -0.1) is 0 Å². The largest absolute Gasteiger partial charge is 0.390 e. The van der Waals surface area contributed by atoms with Crippen molar-refractivity contribution in [3.05, 3.63) is 30.3 Å². The monoisotopic (exact) mass is 458 g/mol. The first-order valence-electron chi connectivity index (χ1n) is 13.2. The van der Waals surface area contributed by atoms with Crippen LogP contribution < -0.4 is 0 Å². The molecule has 5 rings (SSSR count). The van der Waals surface area contributed by atoms with E-state index in [1.165, 1.54) is 51.4 Å². The van der Waals surface area contributed by atoms with E-state index >= 15 is 0 Å². The van der Waals surface area contributed by atoms with Crippen molar-refractivity contribution in [2.75, 3.05) is 5.75 Å². The summed E-state index contributed by atoms with van der Waals surface area (Å²) in [5.74, 6) is 4.80. The summed E-state index contributed by atoms with van der Waals surface area (Å²) < 4.78 is 25.9. The Labute approximate surface area is 195 Å². The van der Waals surface area contributed by atoms with E-state index in [0.29, 0.717) is 16.2 Å². The number of aliphatic hydroxyl groups is 1. The average molecular weight is 459 g/mol. The number of sulfone groups is 1. The van der Waals surface area contributed by atoms with Crippen LogP contribution in [-0.2, 0) is 9.84 Å². The number of hydrogen-bond donors (Lipinski definition) is 1. The van der Waals surface area contributed by atoms with Gasteiger partial charge in [-0.25, -0.2) is 8.42 Å². The second-order valence-electron chi connectivity index (χ2n) is 12.3. The summed E-state index contributed by atoms with van der Waals surface area (Å²) in [4.78, 5) is 0.479. The van der Waals surface area contributed by atoms with E-state index in [1.54, 1.807) is 12.1 Å². The third kappa shape index (κ3) is 4.08. The first-order chi connectivity index (χ1) is 15.2. The van der Waals surface area contributed by atoms with E-state index in [1.807, 2.05) is 25.1 Å². The summed E-state index contributed by atoms with van der Waals surface area (Å²) in [6, 6.07) is 9.02. The highest BCUT2D eigenvalue weighted by molar-refractivity contribution is 7.91. The van der Waals surface area contributed by atoms with Crippen molar-refractivity contribution in [1.82, 2.24) is 0 Å². The summed E-state index contributed by atoms with van der Waals surface area (Å²) in [5, 5.41) is 10.6. The molecule has 0 unspecified atom stereocenters. The van der Waals surface area contributed by atoms with Gasteiger partial charge >= 0.3 is 0 Å². The maximum atomic E-state index is 13.0. The second-order valence-corrected chi connectivity index (χ2v) is 14.4. The maximum Gasteiger partial charge on any atom is 0.178 e. The van der Waals surface area contributed by atoms with E-state index < -0.39 is 15.4 Å². The lowest BCUT2D eigenvalue weighted by atomic mass is 9.44. The molecule has 4 fully saturated rings. The van der Waals surface area contributed by atoms with Crippen LogP contribution in [0.1, 0.15) is 84.5 Å². The first-order valence-corrected chi connectivity index (χ1v) is 14.9. The highest BCUT2D eigenvalue weighted by Crippen LogP contribution is 2.63. The molecule has 0 heterocycles. The Hall–Kier alpha value is -0.870. The molecule has 4 saturated carbocycles. The van der Waals surface area contributed by atoms with Crippen molar-refractivity contribution in [3.63, 3.8) is 0 Å². The molecule has 3 nitrogen and oxygen atoms in total. The minimum Gasteiger partial charge on any atom is -0.390 e. The minimum absolute atomic E-state index is 0.290. The quantitative estimate of drug-likeness (QED) is 0.579. The van der Waals surface area contributed by atoms with Gasteiger partial charge in [0.05, 0.1) is 16.2 Å². The van der Waals surface area contributed by atoms with Gasteiger partial charge < -0.3 is 5.11 Å². The molecule has 32 heavy (non-hydrogen) atoms. The number of fused-ring (bicyclic) bond motifs is 5. The van der Waals surface area contributed by atoms with Crippen molar-refractivity contribution in [3.8, 4) is 0 Å². The van der Waals surface area contributed by atoms with Gasteiger partial charge in [-0.05, 0) is 124 Å². The van der Waals surface area contributed by atoms with Gasteiger partial charge in [-0.3, -0.25) is 0 Å². The molecule has 1 aromatic carbocycles. The van der Waals surface area contributed by atoms with E-state index in [-0.39, 0.29) is 5.75 Å². The van der Waals surface area contributed by atoms with Crippen molar-refractivity contribution in [1.29, 1.82) is 0 Å². The molecule has 0 aromatic heterocycles. The average Bonchev–Trinajstić information content (AvgIpc) is 2.77. The molecule has 0 amide bonds. The molecule has 4 aliphatic rings. The summed E-state index contributed by atoms with van der Waals surface area (Å²) in [6.45, 7) is 4.56. The maximum absolute atomic E-state index is 13.0. The number of rotatable bonds is 4. The minimum atomic E-state index is -3.20. The molecule has 4 aliphatic carbocycles. The molecule has 1 N–H and O–H groups in total. The number of benzene rings is 1. The van der Waals surface area contributed by atoms with Gasteiger partial charge in [-0.1, -0.05) is 31.5 Å². The van der Waals surface area contributed by atoms with Gasteiger partial charge in [0.2, 0.25) is 0 Å². The molecule has 0 spiro atoms. The molecule has 0 radical (unpaired) electrons. The lowest BCUT2D eigenvalue weighted by molar-refractivity contribution is -0.126. The molecule has 0 bridgehead atoms. The third-order valence-electron chi connectivity index (χ3n) is 10.5. The van der Waals surface area contributed by atoms with E-state index in [0.717, 1.165) is 48.9 Å². The van der Waals surface area contributed by atoms with Gasteiger partial charge in [0, 0.05) is 0 Å². The Morgan fingerprint density at radius 3 is 2.44 bits per heavy atom. The second kappa shape index (κ2) is 8.41. The lowest BCUT2D eigenvalue weighted by Crippen LogP contribution is -2.53. The molecule has 8 atom stereocenters. The summed E-state index contributed by atoms with van der Waals surface area (Å²) in [5.41, 5.74) is -0.143. The van der Waals surface area contributed by atoms with Crippen LogP contribution in [0.5, 0.6) is 0 Å². The summed E-state index contributed by atoms with van der Waals surface area (Å²) in [6.07, 6.45) is 13.0. The van der Waals surface area contributed by atoms with Crippen LogP contribution in [0, 0.1) is 40.9 Å². The van der Waals surface area contributed by atoms with E-state index in [9.17, 15) is 13.5 Å². The summed E-state index contributed by atoms with van der Waals surface area (Å²) >= 11 is 0. The van der Waals surface area contributed by atoms with Crippen molar-refractivity contribution in [2.45, 2.75) is 95.0 Å². The fourth-order valence-electron chi connectivity index (χ4n) is 8.91. The zero-order valence-corrected chi connectivity index (χ0v) is 20.8. The normalized spacial score (nSPS) is 44.2. The molecule has 0 aliphatic heterocycles. The van der Waals surface area contributed by atoms with E-state index in [2.05, 4.69) is 6.92 Å². The van der Waals surface area contributed by atoms with Crippen LogP contribution in [0.3, 0.4) is 0 Å². The van der Waals surface area contributed by atoms with Crippen LogP contribution >= 0.6 is 0 Å². The fraction of sp³-hybridized carbons (Fsp3) is 0.786. The van der Waals surface area contributed by atoms with Crippen molar-refractivity contribution in [2.24, 2.45) is 40.9 Å². The highest BCUT2D eigenvalue weighted by Gasteiger charge is 2.55. The lowest BCUT2D eigenvalue weighted by Gasteiger charge is -2.61. The van der Waals surface area contributed by atoms with E-state index in [4.69, 9.17) is 0 Å². The van der Waals surface area contributed by atoms with Crippen LogP contribution in [0.4, 0.5) is 0 Å². The van der Waals surface area contributed by atoms with Gasteiger partial charge in [0.15, 0.2) is 9.84 Å². The van der Waals surface area contributed by atoms with Crippen LogP contribution in [0.2, 0.25) is 0 Å². The first kappa shape index (κ1) is 22.9. The van der Waals surface area contributed by atoms with Gasteiger partial charge in [0.25, 0.3) is 0 Å². The van der Waals surface area contributed by atoms with Crippen molar-refractivity contribution >= 4 is 9.84 Å². The Morgan fingerprint density at radius 1 is 0.906 bits per heavy atom. The predicted molar refractivity (Wildman–Crippen MR) is 129 cm³/mol. The summed E-state index contributed by atoms with van der Waals surface area (Å²) in [7, 11) is -3.20. The molecule has 178 valence electrons. The molecule has 4 heteroatoms. The fourth-order valence-corrected chi connectivity index (χ4v) is 10.3. The van der Waals surface area contributed by atoms with Gasteiger partial charge in [0.1, 0.15) is 0 Å². The Morgan fingerprint density at radius 2 is 1.66 bits per heavy atom. The standard InChI is InChI=1S/C28H42O3S/c1-27(29)16-13-23-20(19-27)11-12-25-24(23)14-17-28(2)21(7-6-10-26(25)28)15-18-32(30,31)22-8-4-3-5-9-22/h3-5,8-9,20-21,23-26,29H,6-7,10-19H2,1-2H3/t20-,21-,23+,24-,25-,26+,27-,28-/m1/s1. The topological polar surface area (TPSA) is 54.4 Å². The highest BCUT2D eigenvalue weighted by atomic mass is 32.2. The molecular formula is C28H42O3S. The van der Waals surface area contributed by atoms with Crippen LogP contribution in [-0.4, -0.2) is 24.9 Å².